The summed E-state index contributed by atoms with van der Waals surface area (Å²) in [6, 6.07) is 6.38. The molecule has 0 unspecified atom stereocenters. The lowest BCUT2D eigenvalue weighted by Gasteiger charge is -2.06. The Bertz CT molecular complexity index is 355. The van der Waals surface area contributed by atoms with Gasteiger partial charge in [-0.2, -0.15) is 0 Å². The molecule has 1 rings (SSSR count). The Kier molecular flexibility index (Phi) is 4.77. The highest BCUT2D eigenvalue weighted by molar-refractivity contribution is 14.1. The number of carbonyl (C=O) groups is 2. The number of amides is 1. The predicted molar refractivity (Wildman–Crippen MR) is 66.1 cm³/mol. The summed E-state index contributed by atoms with van der Waals surface area (Å²) >= 11 is 1.95. The van der Waals surface area contributed by atoms with Crippen LogP contribution in [0.3, 0.4) is 0 Å². The summed E-state index contributed by atoms with van der Waals surface area (Å²) < 4.78 is 4.89. The van der Waals surface area contributed by atoms with Gasteiger partial charge in [0.25, 0.3) is 0 Å². The van der Waals surface area contributed by atoms with Crippen molar-refractivity contribution in [2.24, 2.45) is 0 Å². The normalized spacial score (nSPS) is 9.47. The molecule has 0 aliphatic carbocycles. The van der Waals surface area contributed by atoms with E-state index in [1.54, 1.807) is 24.3 Å². The molecule has 0 heterocycles. The van der Waals surface area contributed by atoms with Gasteiger partial charge in [0, 0.05) is 18.2 Å². The van der Waals surface area contributed by atoms with Crippen LogP contribution in [0.15, 0.2) is 24.3 Å². The lowest BCUT2D eigenvalue weighted by Crippen LogP contribution is -2.35. The Morgan fingerprint density at radius 3 is 2.53 bits per heavy atom. The van der Waals surface area contributed by atoms with Crippen LogP contribution in [0.4, 0.5) is 0 Å². The van der Waals surface area contributed by atoms with Gasteiger partial charge < -0.3 is 9.88 Å². The third-order valence-corrected chi connectivity index (χ3v) is 2.58. The van der Waals surface area contributed by atoms with Crippen LogP contribution in [0.1, 0.15) is 20.7 Å². The van der Waals surface area contributed by atoms with Gasteiger partial charge in [-0.3, -0.25) is 9.59 Å². The van der Waals surface area contributed by atoms with E-state index in [1.807, 2.05) is 22.4 Å². The van der Waals surface area contributed by atoms with Gasteiger partial charge in [0.05, 0.1) is 0 Å². The highest BCUT2D eigenvalue weighted by Crippen LogP contribution is 2.03. The Balaban J connectivity index is 2.70. The van der Waals surface area contributed by atoms with Crippen LogP contribution >= 0.6 is 22.4 Å². The van der Waals surface area contributed by atoms with Crippen LogP contribution in [0.2, 0.25) is 0 Å². The monoisotopic (exact) mass is 317 g/mol. The first-order valence-electron chi connectivity index (χ1n) is 4.20. The summed E-state index contributed by atoms with van der Waals surface area (Å²) in [5, 5.41) is 2.62. The van der Waals surface area contributed by atoms with E-state index in [4.69, 9.17) is 4.65 Å². The molecule has 4 nitrogen and oxygen atoms in total. The smallest absolute Gasteiger partial charge is 0.411 e. The van der Waals surface area contributed by atoms with Crippen molar-refractivity contribution in [3.05, 3.63) is 35.4 Å². The van der Waals surface area contributed by atoms with Gasteiger partial charge in [-0.15, -0.1) is 0 Å². The molecule has 1 aromatic rings. The van der Waals surface area contributed by atoms with Crippen LogP contribution in [-0.4, -0.2) is 24.2 Å². The Morgan fingerprint density at radius 2 is 2.07 bits per heavy atom. The maximum absolute atomic E-state index is 11.5. The highest BCUT2D eigenvalue weighted by atomic mass is 127. The molecule has 6 heteroatoms. The number of hydrogen-bond donors (Lipinski definition) is 1. The zero-order chi connectivity index (χ0) is 11.3. The van der Waals surface area contributed by atoms with Crippen LogP contribution in [0, 0.1) is 0 Å². The van der Waals surface area contributed by atoms with Crippen molar-refractivity contribution in [3.8, 4) is 0 Å². The highest BCUT2D eigenvalue weighted by Gasteiger charge is 2.14. The number of halogens is 1. The Labute approximate surface area is 101 Å². The zero-order valence-electron chi connectivity index (χ0n) is 8.07. The average molecular weight is 317 g/mol. The Morgan fingerprint density at radius 1 is 1.47 bits per heavy atom. The zero-order valence-corrected chi connectivity index (χ0v) is 10.2. The van der Waals surface area contributed by atoms with Gasteiger partial charge in [-0.25, -0.2) is 0 Å². The first-order valence-corrected chi connectivity index (χ1v) is 5.45. The second-order valence-corrected chi connectivity index (χ2v) is 3.90. The molecular weight excluding hydrogens is 308 g/mol. The molecule has 0 saturated carbocycles. The van der Waals surface area contributed by atoms with Crippen molar-refractivity contribution in [2.45, 2.75) is 0 Å². The molecule has 0 aromatic heterocycles. The number of carbonyl (C=O) groups excluding carboxylic acids is 2. The fourth-order valence-corrected chi connectivity index (χ4v) is 1.24. The van der Waals surface area contributed by atoms with Gasteiger partial charge in [-0.1, -0.05) is 34.5 Å². The molecule has 0 radical (unpaired) electrons. The SMILES string of the molecule is COB(I)NC(=O)c1ccc(C=O)cc1. The number of hydrogen-bond acceptors (Lipinski definition) is 3. The predicted octanol–water partition coefficient (Wildman–Crippen LogP) is 1.30. The maximum Gasteiger partial charge on any atom is 0.489 e. The molecule has 0 bridgehead atoms. The molecule has 0 aliphatic heterocycles. The van der Waals surface area contributed by atoms with Crippen molar-refractivity contribution in [2.75, 3.05) is 7.11 Å². The lowest BCUT2D eigenvalue weighted by atomic mass is 10.1. The summed E-state index contributed by atoms with van der Waals surface area (Å²) in [5.41, 5.74) is 1.05. The number of rotatable bonds is 4. The molecule has 15 heavy (non-hydrogen) atoms. The number of benzene rings is 1. The van der Waals surface area contributed by atoms with E-state index in [9.17, 15) is 9.59 Å². The Hall–Kier alpha value is -0.885. The van der Waals surface area contributed by atoms with E-state index in [1.165, 1.54) is 7.11 Å². The van der Waals surface area contributed by atoms with Crippen LogP contribution in [0.5, 0.6) is 0 Å². The largest absolute Gasteiger partial charge is 0.489 e. The topological polar surface area (TPSA) is 55.4 Å². The van der Waals surface area contributed by atoms with Crippen LogP contribution in [-0.2, 0) is 4.65 Å². The van der Waals surface area contributed by atoms with Gasteiger partial charge in [0.1, 0.15) is 6.29 Å². The molecule has 0 aliphatic rings. The van der Waals surface area contributed by atoms with Crippen molar-refractivity contribution >= 4 is 39.5 Å². The molecule has 0 fully saturated rings. The lowest BCUT2D eigenvalue weighted by molar-refractivity contribution is 0.0974. The van der Waals surface area contributed by atoms with E-state index in [2.05, 4.69) is 5.23 Å². The molecule has 1 amide bonds. The summed E-state index contributed by atoms with van der Waals surface area (Å²) in [7, 11) is 1.51. The summed E-state index contributed by atoms with van der Waals surface area (Å²) in [6.07, 6.45) is 0.734. The minimum Gasteiger partial charge on any atom is -0.411 e. The van der Waals surface area contributed by atoms with E-state index < -0.39 is 0 Å². The molecule has 1 aromatic carbocycles. The number of aldehydes is 1. The van der Waals surface area contributed by atoms with Crippen LogP contribution < -0.4 is 5.23 Å². The summed E-state index contributed by atoms with van der Waals surface area (Å²) in [5.74, 6) is -0.228. The maximum atomic E-state index is 11.5. The third kappa shape index (κ3) is 3.63. The second kappa shape index (κ2) is 5.87. The molecule has 0 atom stereocenters. The summed E-state index contributed by atoms with van der Waals surface area (Å²) in [6.45, 7) is 0. The van der Waals surface area contributed by atoms with Gasteiger partial charge >= 0.3 is 4.91 Å². The van der Waals surface area contributed by atoms with Gasteiger partial charge in [-0.05, 0) is 12.1 Å². The van der Waals surface area contributed by atoms with Gasteiger partial charge in [0.15, 0.2) is 0 Å². The van der Waals surface area contributed by atoms with Crippen molar-refractivity contribution in [1.82, 2.24) is 5.23 Å². The first-order chi connectivity index (χ1) is 7.17. The minimum atomic E-state index is -0.360. The standard InChI is InChI=1S/C9H9BINO3/c1-15-10(11)12-9(14)8-4-2-7(6-13)3-5-8/h2-6H,1H3,(H,12,14). The number of nitrogens with one attached hydrogen (secondary N) is 1. The average Bonchev–Trinajstić information content (AvgIpc) is 2.29. The van der Waals surface area contributed by atoms with Crippen LogP contribution in [0.25, 0.3) is 0 Å². The third-order valence-electron chi connectivity index (χ3n) is 1.76. The van der Waals surface area contributed by atoms with Crippen molar-refractivity contribution < 1.29 is 14.2 Å². The fraction of sp³-hybridized carbons (Fsp3) is 0.111. The van der Waals surface area contributed by atoms with Crippen molar-refractivity contribution in [3.63, 3.8) is 0 Å². The van der Waals surface area contributed by atoms with Crippen molar-refractivity contribution in [1.29, 1.82) is 0 Å². The molecule has 0 saturated heterocycles. The fourth-order valence-electron chi connectivity index (χ4n) is 0.958. The molecule has 78 valence electrons. The second-order valence-electron chi connectivity index (χ2n) is 2.77. The summed E-state index contributed by atoms with van der Waals surface area (Å²) in [4.78, 5) is 21.6. The van der Waals surface area contributed by atoms with E-state index >= 15 is 0 Å². The van der Waals surface area contributed by atoms with E-state index in [0.717, 1.165) is 6.29 Å². The van der Waals surface area contributed by atoms with E-state index in [-0.39, 0.29) is 10.8 Å². The molecule has 0 spiro atoms. The molecular formula is C9H9BINO3. The minimum absolute atomic E-state index is 0.228. The quantitative estimate of drug-likeness (QED) is 0.517. The van der Waals surface area contributed by atoms with E-state index in [0.29, 0.717) is 11.1 Å². The molecule has 1 N–H and O–H groups in total. The first kappa shape index (κ1) is 12.2. The van der Waals surface area contributed by atoms with Gasteiger partial charge in [0.2, 0.25) is 5.91 Å².